The molecule has 0 radical (unpaired) electrons. The Labute approximate surface area is 217 Å². The number of likely N-dealkylation sites (tertiary alicyclic amines) is 1. The molecule has 1 fully saturated rings. The maximum Gasteiger partial charge on any atom is 0.352 e. The van der Waals surface area contributed by atoms with Crippen LogP contribution in [-0.4, -0.2) is 87.6 Å². The highest BCUT2D eigenvalue weighted by atomic mass is 16.6. The number of aliphatic carboxylic acids is 1. The minimum atomic E-state index is -1.73. The average molecular weight is 532 g/mol. The zero-order valence-corrected chi connectivity index (χ0v) is 21.1. The molecule has 5 rings (SSSR count). The Bertz CT molecular complexity index is 1240. The zero-order valence-electron chi connectivity index (χ0n) is 21.1. The molecule has 2 bridgehead atoms. The van der Waals surface area contributed by atoms with Crippen LogP contribution in [0, 0.1) is 0 Å². The van der Waals surface area contributed by atoms with E-state index < -0.39 is 59.6 Å². The Kier molecular flexibility index (Phi) is 6.14. The van der Waals surface area contributed by atoms with Crippen molar-refractivity contribution in [2.45, 2.75) is 74.9 Å². The second-order valence-electron chi connectivity index (χ2n) is 10.3. The number of carboxylic acids is 1. The number of benzene rings is 1. The number of rotatable bonds is 7. The molecule has 1 saturated heterocycles. The van der Waals surface area contributed by atoms with E-state index in [1.54, 1.807) is 12.1 Å². The zero-order chi connectivity index (χ0) is 27.6. The minimum Gasteiger partial charge on any atom is -0.504 e. The number of phenols is 1. The fourth-order valence-corrected chi connectivity index (χ4v) is 6.47. The molecule has 12 nitrogen and oxygen atoms in total. The number of carbonyl (C=O) groups excluding carboxylic acids is 3. The first-order valence-electron chi connectivity index (χ1n) is 12.3. The molecular weight excluding hydrogens is 502 g/mol. The summed E-state index contributed by atoms with van der Waals surface area (Å²) in [5, 5.41) is 31.7. The van der Waals surface area contributed by atoms with Crippen LogP contribution < -0.4 is 4.74 Å². The van der Waals surface area contributed by atoms with Gasteiger partial charge >= 0.3 is 23.9 Å². The Balaban J connectivity index is 1.40. The summed E-state index contributed by atoms with van der Waals surface area (Å²) in [6.45, 7) is 2.90. The standard InChI is InChI=1S/C26H29NO11/c1-12(35-24(33)17(11-19(30)31)36-13(2)28)23(32)37-16-6-7-26(34)18-10-14-4-5-15(29)21-20(14)25(26,22(16)38-21)8-9-27(18)3/h4-6,12,17-18,22,29,34H,7-11H2,1-3H3,(H,30,31)/t12-,17-,18+,22-,25?,26+/m0/s1. The second kappa shape index (κ2) is 8.98. The van der Waals surface area contributed by atoms with Crippen molar-refractivity contribution in [1.29, 1.82) is 0 Å². The molecule has 1 spiro atoms. The molecule has 1 aromatic rings. The number of esters is 3. The molecular formula is C26H29NO11. The maximum atomic E-state index is 13.0. The van der Waals surface area contributed by atoms with E-state index in [2.05, 4.69) is 4.90 Å². The van der Waals surface area contributed by atoms with E-state index in [9.17, 15) is 29.4 Å². The topological polar surface area (TPSA) is 169 Å². The summed E-state index contributed by atoms with van der Waals surface area (Å²) in [5.41, 5.74) is -0.517. The number of hydrogen-bond donors (Lipinski definition) is 3. The molecule has 6 atom stereocenters. The highest BCUT2D eigenvalue weighted by Crippen LogP contribution is 2.65. The Hall–Kier alpha value is -3.64. The molecule has 0 saturated carbocycles. The lowest BCUT2D eigenvalue weighted by molar-refractivity contribution is -0.181. The van der Waals surface area contributed by atoms with Crippen LogP contribution in [-0.2, 0) is 45.2 Å². The summed E-state index contributed by atoms with van der Waals surface area (Å²) in [7, 11) is 1.95. The number of aliphatic hydroxyl groups is 1. The number of likely N-dealkylation sites (N-methyl/N-ethyl adjacent to an activating group) is 1. The van der Waals surface area contributed by atoms with E-state index in [1.807, 2.05) is 13.1 Å². The number of carboxylic acid groups (broad SMARTS) is 1. The molecule has 12 heteroatoms. The SMILES string of the molecule is CC(=O)O[C@@H](CC(=O)O)C(=O)O[C@@H](C)C(=O)OC1=CC[C@@]2(O)[C@H]3Cc4ccc(O)c5c4C2(CCN3C)[C@H]1O5. The monoisotopic (exact) mass is 531 g/mol. The van der Waals surface area contributed by atoms with Crippen LogP contribution in [0.15, 0.2) is 24.0 Å². The van der Waals surface area contributed by atoms with Gasteiger partial charge in [0.15, 0.2) is 23.7 Å². The van der Waals surface area contributed by atoms with Crippen LogP contribution in [0.4, 0.5) is 0 Å². The van der Waals surface area contributed by atoms with Gasteiger partial charge in [0.1, 0.15) is 5.76 Å². The number of aromatic hydroxyl groups is 1. The van der Waals surface area contributed by atoms with E-state index >= 15 is 0 Å². The van der Waals surface area contributed by atoms with Crippen LogP contribution in [0.1, 0.15) is 44.2 Å². The summed E-state index contributed by atoms with van der Waals surface area (Å²) in [6, 6.07) is 3.16. The summed E-state index contributed by atoms with van der Waals surface area (Å²) in [6.07, 6.45) is -2.13. The van der Waals surface area contributed by atoms with Crippen LogP contribution in [0.25, 0.3) is 0 Å². The first-order valence-corrected chi connectivity index (χ1v) is 12.3. The van der Waals surface area contributed by atoms with Gasteiger partial charge < -0.3 is 39.2 Å². The second-order valence-corrected chi connectivity index (χ2v) is 10.3. The van der Waals surface area contributed by atoms with Crippen molar-refractivity contribution in [2.75, 3.05) is 13.6 Å². The van der Waals surface area contributed by atoms with Gasteiger partial charge in [0, 0.05) is 24.9 Å². The number of carbonyl (C=O) groups is 4. The van der Waals surface area contributed by atoms with Gasteiger partial charge in [-0.25, -0.2) is 9.59 Å². The third kappa shape index (κ3) is 3.73. The molecule has 204 valence electrons. The van der Waals surface area contributed by atoms with E-state index in [4.69, 9.17) is 24.1 Å². The number of ether oxygens (including phenoxy) is 4. The average Bonchev–Trinajstić information content (AvgIpc) is 3.19. The smallest absolute Gasteiger partial charge is 0.352 e. The Morgan fingerprint density at radius 2 is 1.95 bits per heavy atom. The van der Waals surface area contributed by atoms with Crippen LogP contribution in [0.2, 0.25) is 0 Å². The van der Waals surface area contributed by atoms with Crippen molar-refractivity contribution in [3.8, 4) is 11.5 Å². The van der Waals surface area contributed by atoms with Gasteiger partial charge in [-0.05, 0) is 51.1 Å². The lowest BCUT2D eigenvalue weighted by atomic mass is 9.50. The van der Waals surface area contributed by atoms with Gasteiger partial charge in [-0.15, -0.1) is 0 Å². The van der Waals surface area contributed by atoms with Gasteiger partial charge in [-0.3, -0.25) is 9.59 Å². The lowest BCUT2D eigenvalue weighted by Crippen LogP contribution is -2.74. The fourth-order valence-electron chi connectivity index (χ4n) is 6.47. The van der Waals surface area contributed by atoms with Crippen LogP contribution >= 0.6 is 0 Å². The summed E-state index contributed by atoms with van der Waals surface area (Å²) in [5.74, 6) is -4.14. The largest absolute Gasteiger partial charge is 0.504 e. The quantitative estimate of drug-likeness (QED) is 0.330. The summed E-state index contributed by atoms with van der Waals surface area (Å²) < 4.78 is 21.6. The van der Waals surface area contributed by atoms with Gasteiger partial charge in [-0.2, -0.15) is 0 Å². The molecule has 0 aromatic heterocycles. The maximum absolute atomic E-state index is 13.0. The number of phenolic OH excluding ortho intramolecular Hbond substituents is 1. The molecule has 2 aliphatic carbocycles. The molecule has 2 heterocycles. The van der Waals surface area contributed by atoms with Crippen molar-refractivity contribution >= 4 is 23.9 Å². The molecule has 2 aliphatic heterocycles. The van der Waals surface area contributed by atoms with Crippen molar-refractivity contribution in [1.82, 2.24) is 4.90 Å². The van der Waals surface area contributed by atoms with Crippen molar-refractivity contribution in [3.05, 3.63) is 35.1 Å². The highest BCUT2D eigenvalue weighted by Gasteiger charge is 2.72. The number of piperidine rings is 1. The summed E-state index contributed by atoms with van der Waals surface area (Å²) >= 11 is 0. The predicted octanol–water partition coefficient (Wildman–Crippen LogP) is 0.551. The van der Waals surface area contributed by atoms with E-state index in [-0.39, 0.29) is 29.7 Å². The first-order chi connectivity index (χ1) is 17.9. The van der Waals surface area contributed by atoms with Gasteiger partial charge in [0.25, 0.3) is 0 Å². The molecule has 1 unspecified atom stereocenters. The number of nitrogens with zero attached hydrogens (tertiary/aromatic N) is 1. The lowest BCUT2D eigenvalue weighted by Gasteiger charge is -2.61. The fraction of sp³-hybridized carbons (Fsp3) is 0.538. The van der Waals surface area contributed by atoms with Crippen molar-refractivity contribution in [2.24, 2.45) is 0 Å². The number of hydrogen-bond acceptors (Lipinski definition) is 11. The van der Waals surface area contributed by atoms with Crippen LogP contribution in [0.3, 0.4) is 0 Å². The third-order valence-electron chi connectivity index (χ3n) is 8.13. The van der Waals surface area contributed by atoms with Crippen molar-refractivity contribution in [3.63, 3.8) is 0 Å². The normalized spacial score (nSPS) is 30.2. The predicted molar refractivity (Wildman–Crippen MR) is 126 cm³/mol. The Morgan fingerprint density at radius 1 is 1.21 bits per heavy atom. The molecule has 3 N–H and O–H groups in total. The Morgan fingerprint density at radius 3 is 2.63 bits per heavy atom. The van der Waals surface area contributed by atoms with Crippen LogP contribution in [0.5, 0.6) is 11.5 Å². The molecule has 0 amide bonds. The summed E-state index contributed by atoms with van der Waals surface area (Å²) in [4.78, 5) is 49.8. The van der Waals surface area contributed by atoms with E-state index in [1.165, 1.54) is 6.92 Å². The molecule has 1 aromatic carbocycles. The van der Waals surface area contributed by atoms with Crippen molar-refractivity contribution < 1.29 is 53.4 Å². The van der Waals surface area contributed by atoms with Gasteiger partial charge in [0.2, 0.25) is 6.10 Å². The third-order valence-corrected chi connectivity index (χ3v) is 8.13. The first kappa shape index (κ1) is 26.0. The van der Waals surface area contributed by atoms with Gasteiger partial charge in [0.05, 0.1) is 17.4 Å². The van der Waals surface area contributed by atoms with Gasteiger partial charge in [-0.1, -0.05) is 6.07 Å². The van der Waals surface area contributed by atoms with E-state index in [0.717, 1.165) is 18.1 Å². The molecule has 4 aliphatic rings. The van der Waals surface area contributed by atoms with E-state index in [0.29, 0.717) is 19.4 Å². The molecule has 38 heavy (non-hydrogen) atoms. The highest BCUT2D eigenvalue weighted by molar-refractivity contribution is 5.86. The minimum absolute atomic E-state index is 0.0739.